The molecular weight excluding hydrogens is 242 g/mol. The van der Waals surface area contributed by atoms with E-state index in [4.69, 9.17) is 5.73 Å². The lowest BCUT2D eigenvalue weighted by atomic mass is 10.1. The summed E-state index contributed by atoms with van der Waals surface area (Å²) >= 11 is 0. The first kappa shape index (κ1) is 13.2. The molecule has 1 amide bonds. The molecule has 0 fully saturated rings. The van der Waals surface area contributed by atoms with Gasteiger partial charge in [0, 0.05) is 6.54 Å². The number of carbonyl (C=O) groups is 1. The zero-order chi connectivity index (χ0) is 13.7. The van der Waals surface area contributed by atoms with Crippen LogP contribution in [-0.2, 0) is 17.9 Å². The number of aryl methyl sites for hydroxylation is 1. The number of nitrogens with zero attached hydrogens (tertiary/aromatic N) is 3. The third-order valence-electron chi connectivity index (χ3n) is 2.90. The van der Waals surface area contributed by atoms with Gasteiger partial charge in [0.2, 0.25) is 5.91 Å². The number of aromatic nitrogens is 3. The highest BCUT2D eigenvalue weighted by Crippen LogP contribution is 2.09. The van der Waals surface area contributed by atoms with Crippen LogP contribution in [0.5, 0.6) is 0 Å². The van der Waals surface area contributed by atoms with E-state index in [2.05, 4.69) is 15.5 Å². The predicted molar refractivity (Wildman–Crippen MR) is 70.9 cm³/mol. The second-order valence-electron chi connectivity index (χ2n) is 4.14. The lowest BCUT2D eigenvalue weighted by Crippen LogP contribution is -2.34. The van der Waals surface area contributed by atoms with Crippen LogP contribution in [0.3, 0.4) is 0 Å². The number of nitrogens with two attached hydrogens (primary N) is 1. The summed E-state index contributed by atoms with van der Waals surface area (Å²) in [6, 6.07) is 8.60. The van der Waals surface area contributed by atoms with Crippen molar-refractivity contribution in [1.82, 2.24) is 20.1 Å². The summed E-state index contributed by atoms with van der Waals surface area (Å²) < 4.78 is 1.87. The summed E-state index contributed by atoms with van der Waals surface area (Å²) in [6.45, 7) is 3.08. The molecule has 6 heteroatoms. The molecular formula is C13H17N5O. The minimum atomic E-state index is -0.667. The summed E-state index contributed by atoms with van der Waals surface area (Å²) in [4.78, 5) is 11.9. The van der Waals surface area contributed by atoms with E-state index in [1.807, 2.05) is 41.8 Å². The molecule has 0 unspecified atom stereocenters. The molecule has 2 aromatic rings. The van der Waals surface area contributed by atoms with Gasteiger partial charge >= 0.3 is 0 Å². The van der Waals surface area contributed by atoms with E-state index in [9.17, 15) is 4.79 Å². The number of hydrogen-bond acceptors (Lipinski definition) is 4. The van der Waals surface area contributed by atoms with E-state index < -0.39 is 6.04 Å². The van der Waals surface area contributed by atoms with Gasteiger partial charge in [0.15, 0.2) is 5.82 Å². The first-order valence-electron chi connectivity index (χ1n) is 6.17. The van der Waals surface area contributed by atoms with Gasteiger partial charge in [0.05, 0.1) is 6.54 Å². The Balaban J connectivity index is 1.95. The Bertz CT molecular complexity index is 537. The van der Waals surface area contributed by atoms with Crippen molar-refractivity contribution in [2.45, 2.75) is 26.1 Å². The zero-order valence-corrected chi connectivity index (χ0v) is 10.8. The molecule has 0 bridgehead atoms. The molecule has 19 heavy (non-hydrogen) atoms. The van der Waals surface area contributed by atoms with Gasteiger partial charge in [-0.05, 0) is 12.5 Å². The fraction of sp³-hybridized carbons (Fsp3) is 0.308. The Labute approximate surface area is 111 Å². The molecule has 0 aliphatic rings. The maximum Gasteiger partial charge on any atom is 0.241 e. The smallest absolute Gasteiger partial charge is 0.241 e. The molecule has 100 valence electrons. The highest BCUT2D eigenvalue weighted by molar-refractivity contribution is 5.82. The van der Waals surface area contributed by atoms with Gasteiger partial charge in [0.1, 0.15) is 12.4 Å². The monoisotopic (exact) mass is 259 g/mol. The van der Waals surface area contributed by atoms with Crippen molar-refractivity contribution in [2.24, 2.45) is 5.73 Å². The minimum Gasteiger partial charge on any atom is -0.347 e. The average Bonchev–Trinajstić information content (AvgIpc) is 2.92. The van der Waals surface area contributed by atoms with Crippen LogP contribution in [0.4, 0.5) is 0 Å². The lowest BCUT2D eigenvalue weighted by Gasteiger charge is -2.12. The Morgan fingerprint density at radius 3 is 2.84 bits per heavy atom. The van der Waals surface area contributed by atoms with E-state index in [1.54, 1.807) is 6.33 Å². The summed E-state index contributed by atoms with van der Waals surface area (Å²) in [5, 5.41) is 10.5. The van der Waals surface area contributed by atoms with Crippen LogP contribution >= 0.6 is 0 Å². The second-order valence-corrected chi connectivity index (χ2v) is 4.14. The molecule has 3 N–H and O–H groups in total. The number of hydrogen-bond donors (Lipinski definition) is 2. The topological polar surface area (TPSA) is 85.8 Å². The SMILES string of the molecule is CCn1cnnc1CNC(=O)[C@H](N)c1ccccc1. The highest BCUT2D eigenvalue weighted by atomic mass is 16.2. The largest absolute Gasteiger partial charge is 0.347 e. The van der Waals surface area contributed by atoms with Gasteiger partial charge < -0.3 is 15.6 Å². The molecule has 0 aliphatic carbocycles. The molecule has 1 atom stereocenters. The van der Waals surface area contributed by atoms with Crippen LogP contribution in [0.2, 0.25) is 0 Å². The van der Waals surface area contributed by atoms with E-state index >= 15 is 0 Å². The predicted octanol–water partition coefficient (Wildman–Crippen LogP) is 0.614. The standard InChI is InChI=1S/C13H17N5O/c1-2-18-9-16-17-11(18)8-15-13(19)12(14)10-6-4-3-5-7-10/h3-7,9,12H,2,8,14H2,1H3,(H,15,19)/t12-/m1/s1. The Morgan fingerprint density at radius 2 is 2.16 bits per heavy atom. The van der Waals surface area contributed by atoms with Crippen molar-refractivity contribution in [3.63, 3.8) is 0 Å². The van der Waals surface area contributed by atoms with E-state index in [1.165, 1.54) is 0 Å². The second kappa shape index (κ2) is 6.10. The molecule has 1 aromatic heterocycles. The fourth-order valence-corrected chi connectivity index (χ4v) is 1.77. The summed E-state index contributed by atoms with van der Waals surface area (Å²) in [5.41, 5.74) is 6.68. The Hall–Kier alpha value is -2.21. The number of benzene rings is 1. The van der Waals surface area contributed by atoms with Crippen molar-refractivity contribution in [2.75, 3.05) is 0 Å². The van der Waals surface area contributed by atoms with Crippen LogP contribution < -0.4 is 11.1 Å². The van der Waals surface area contributed by atoms with Crippen molar-refractivity contribution >= 4 is 5.91 Å². The Morgan fingerprint density at radius 1 is 1.42 bits per heavy atom. The average molecular weight is 259 g/mol. The van der Waals surface area contributed by atoms with Crippen molar-refractivity contribution < 1.29 is 4.79 Å². The number of amides is 1. The maximum atomic E-state index is 11.9. The number of rotatable bonds is 5. The first-order chi connectivity index (χ1) is 9.22. The van der Waals surface area contributed by atoms with Crippen molar-refractivity contribution in [3.05, 3.63) is 48.0 Å². The molecule has 0 spiro atoms. The molecule has 0 saturated heterocycles. The zero-order valence-electron chi connectivity index (χ0n) is 10.8. The summed E-state index contributed by atoms with van der Waals surface area (Å²) in [5.74, 6) is 0.493. The van der Waals surface area contributed by atoms with Gasteiger partial charge in [0.25, 0.3) is 0 Å². The molecule has 2 rings (SSSR count). The normalized spacial score (nSPS) is 12.1. The van der Waals surface area contributed by atoms with Crippen LogP contribution in [0.15, 0.2) is 36.7 Å². The third-order valence-corrected chi connectivity index (χ3v) is 2.90. The molecule has 1 aromatic carbocycles. The van der Waals surface area contributed by atoms with Gasteiger partial charge in [-0.25, -0.2) is 0 Å². The minimum absolute atomic E-state index is 0.225. The van der Waals surface area contributed by atoms with Gasteiger partial charge in [-0.3, -0.25) is 4.79 Å². The van der Waals surface area contributed by atoms with Gasteiger partial charge in [-0.2, -0.15) is 0 Å². The third kappa shape index (κ3) is 3.17. The summed E-state index contributed by atoms with van der Waals surface area (Å²) in [7, 11) is 0. The van der Waals surface area contributed by atoms with Crippen molar-refractivity contribution in [1.29, 1.82) is 0 Å². The quantitative estimate of drug-likeness (QED) is 0.824. The highest BCUT2D eigenvalue weighted by Gasteiger charge is 2.15. The Kier molecular flexibility index (Phi) is 4.25. The number of nitrogens with one attached hydrogen (secondary N) is 1. The van der Waals surface area contributed by atoms with Gasteiger partial charge in [-0.1, -0.05) is 30.3 Å². The first-order valence-corrected chi connectivity index (χ1v) is 6.17. The van der Waals surface area contributed by atoms with Crippen LogP contribution in [0, 0.1) is 0 Å². The molecule has 0 aliphatic heterocycles. The van der Waals surface area contributed by atoms with Crippen LogP contribution in [-0.4, -0.2) is 20.7 Å². The number of carbonyl (C=O) groups excluding carboxylic acids is 1. The molecule has 0 saturated carbocycles. The molecule has 6 nitrogen and oxygen atoms in total. The van der Waals surface area contributed by atoms with Gasteiger partial charge in [-0.15, -0.1) is 10.2 Å². The van der Waals surface area contributed by atoms with E-state index in [0.717, 1.165) is 17.9 Å². The van der Waals surface area contributed by atoms with Crippen LogP contribution in [0.25, 0.3) is 0 Å². The van der Waals surface area contributed by atoms with Crippen molar-refractivity contribution in [3.8, 4) is 0 Å². The molecule has 1 heterocycles. The molecule has 0 radical (unpaired) electrons. The van der Waals surface area contributed by atoms with Crippen LogP contribution in [0.1, 0.15) is 24.4 Å². The fourth-order valence-electron chi connectivity index (χ4n) is 1.77. The van der Waals surface area contributed by atoms with E-state index in [0.29, 0.717) is 6.54 Å². The lowest BCUT2D eigenvalue weighted by molar-refractivity contribution is -0.122. The van der Waals surface area contributed by atoms with E-state index in [-0.39, 0.29) is 5.91 Å². The summed E-state index contributed by atoms with van der Waals surface area (Å²) in [6.07, 6.45) is 1.64. The maximum absolute atomic E-state index is 11.9.